The van der Waals surface area contributed by atoms with Crippen LogP contribution in [0.25, 0.3) is 0 Å². The van der Waals surface area contributed by atoms with Gasteiger partial charge >= 0.3 is 0 Å². The molecule has 7 heteroatoms. The SMILES string of the molecule is CN(C)CCS(=O)(=O)c1ccc(C2=NNCC2c2ccc(Cl)cc2)cc1. The molecule has 2 aromatic rings. The highest BCUT2D eigenvalue weighted by molar-refractivity contribution is 7.91. The largest absolute Gasteiger partial charge is 0.309 e. The lowest BCUT2D eigenvalue weighted by atomic mass is 9.91. The van der Waals surface area contributed by atoms with Crippen LogP contribution in [0.2, 0.25) is 5.02 Å². The molecule has 0 bridgehead atoms. The fourth-order valence-electron chi connectivity index (χ4n) is 2.89. The predicted molar refractivity (Wildman–Crippen MR) is 106 cm³/mol. The highest BCUT2D eigenvalue weighted by atomic mass is 35.5. The third-order valence-corrected chi connectivity index (χ3v) is 6.38. The van der Waals surface area contributed by atoms with Gasteiger partial charge in [0.2, 0.25) is 0 Å². The number of hydrazone groups is 1. The van der Waals surface area contributed by atoms with Gasteiger partial charge in [-0.3, -0.25) is 0 Å². The van der Waals surface area contributed by atoms with Gasteiger partial charge in [-0.05, 0) is 49.5 Å². The van der Waals surface area contributed by atoms with Crippen molar-refractivity contribution < 1.29 is 8.42 Å². The van der Waals surface area contributed by atoms with Crippen molar-refractivity contribution in [2.75, 3.05) is 32.9 Å². The maximum absolute atomic E-state index is 12.4. The van der Waals surface area contributed by atoms with Gasteiger partial charge in [-0.15, -0.1) is 0 Å². The van der Waals surface area contributed by atoms with Crippen molar-refractivity contribution in [3.8, 4) is 0 Å². The molecule has 0 fully saturated rings. The molecule has 1 aliphatic rings. The maximum Gasteiger partial charge on any atom is 0.179 e. The lowest BCUT2D eigenvalue weighted by molar-refractivity contribution is 0.432. The number of nitrogens with one attached hydrogen (secondary N) is 1. The molecule has 0 aromatic heterocycles. The number of hydrogen-bond acceptors (Lipinski definition) is 5. The summed E-state index contributed by atoms with van der Waals surface area (Å²) < 4.78 is 24.8. The molecule has 3 rings (SSSR count). The molecule has 1 N–H and O–H groups in total. The maximum atomic E-state index is 12.4. The third-order valence-electron chi connectivity index (χ3n) is 4.41. The number of nitrogens with zero attached hydrogens (tertiary/aromatic N) is 2. The van der Waals surface area contributed by atoms with Crippen molar-refractivity contribution in [3.63, 3.8) is 0 Å². The Morgan fingerprint density at radius 3 is 2.38 bits per heavy atom. The lowest BCUT2D eigenvalue weighted by Crippen LogP contribution is -2.22. The predicted octanol–water partition coefficient (Wildman–Crippen LogP) is 2.77. The minimum Gasteiger partial charge on any atom is -0.309 e. The molecule has 1 atom stereocenters. The molecule has 0 spiro atoms. The average Bonchev–Trinajstić information content (AvgIpc) is 3.10. The summed E-state index contributed by atoms with van der Waals surface area (Å²) in [5.74, 6) is 0.221. The van der Waals surface area contributed by atoms with Crippen molar-refractivity contribution in [1.29, 1.82) is 0 Å². The molecule has 1 unspecified atom stereocenters. The zero-order valence-corrected chi connectivity index (χ0v) is 16.4. The van der Waals surface area contributed by atoms with Gasteiger partial charge in [0.1, 0.15) is 0 Å². The summed E-state index contributed by atoms with van der Waals surface area (Å²) in [6, 6.07) is 14.7. The van der Waals surface area contributed by atoms with Gasteiger partial charge in [0, 0.05) is 24.0 Å². The lowest BCUT2D eigenvalue weighted by Gasteiger charge is -2.14. The number of halogens is 1. The summed E-state index contributed by atoms with van der Waals surface area (Å²) in [7, 11) is 0.446. The molecule has 0 saturated carbocycles. The molecule has 0 radical (unpaired) electrons. The fourth-order valence-corrected chi connectivity index (χ4v) is 4.40. The second-order valence-electron chi connectivity index (χ2n) is 6.61. The highest BCUT2D eigenvalue weighted by Crippen LogP contribution is 2.26. The van der Waals surface area contributed by atoms with E-state index >= 15 is 0 Å². The summed E-state index contributed by atoms with van der Waals surface area (Å²) >= 11 is 5.97. The van der Waals surface area contributed by atoms with Crippen molar-refractivity contribution in [1.82, 2.24) is 10.3 Å². The average molecular weight is 392 g/mol. The number of rotatable bonds is 6. The van der Waals surface area contributed by atoms with E-state index in [-0.39, 0.29) is 11.7 Å². The van der Waals surface area contributed by atoms with Crippen molar-refractivity contribution >= 4 is 27.1 Å². The molecule has 0 saturated heterocycles. The van der Waals surface area contributed by atoms with Crippen LogP contribution in [0.1, 0.15) is 17.0 Å². The van der Waals surface area contributed by atoms with Gasteiger partial charge in [0.05, 0.1) is 16.4 Å². The second-order valence-corrected chi connectivity index (χ2v) is 9.16. The van der Waals surface area contributed by atoms with Crippen LogP contribution < -0.4 is 5.43 Å². The normalized spacial score (nSPS) is 17.2. The van der Waals surface area contributed by atoms with E-state index in [2.05, 4.69) is 10.5 Å². The van der Waals surface area contributed by atoms with Gasteiger partial charge in [-0.25, -0.2) is 8.42 Å². The number of sulfone groups is 1. The van der Waals surface area contributed by atoms with Crippen LogP contribution >= 0.6 is 11.6 Å². The number of hydrogen-bond donors (Lipinski definition) is 1. The van der Waals surface area contributed by atoms with Crippen LogP contribution in [-0.4, -0.2) is 52.0 Å². The molecule has 0 aliphatic carbocycles. The fraction of sp³-hybridized carbons (Fsp3) is 0.316. The molecule has 2 aromatic carbocycles. The Morgan fingerprint density at radius 1 is 1.12 bits per heavy atom. The van der Waals surface area contributed by atoms with Crippen molar-refractivity contribution in [2.45, 2.75) is 10.8 Å². The van der Waals surface area contributed by atoms with E-state index in [1.807, 2.05) is 55.4 Å². The molecular formula is C19H22ClN3O2S. The van der Waals surface area contributed by atoms with Crippen LogP contribution in [0.5, 0.6) is 0 Å². The molecule has 1 heterocycles. The van der Waals surface area contributed by atoms with Crippen LogP contribution in [0.3, 0.4) is 0 Å². The van der Waals surface area contributed by atoms with Gasteiger partial charge in [-0.2, -0.15) is 5.10 Å². The first-order valence-electron chi connectivity index (χ1n) is 8.40. The summed E-state index contributed by atoms with van der Waals surface area (Å²) in [4.78, 5) is 2.21. The van der Waals surface area contributed by atoms with Crippen molar-refractivity contribution in [3.05, 3.63) is 64.7 Å². The zero-order valence-electron chi connectivity index (χ0n) is 14.8. The van der Waals surface area contributed by atoms with Crippen LogP contribution in [0.15, 0.2) is 58.5 Å². The van der Waals surface area contributed by atoms with E-state index in [0.717, 1.165) is 16.8 Å². The Hall–Kier alpha value is -1.89. The molecule has 138 valence electrons. The van der Waals surface area contributed by atoms with Crippen LogP contribution in [-0.2, 0) is 9.84 Å². The minimum absolute atomic E-state index is 0.106. The van der Waals surface area contributed by atoms with Gasteiger partial charge in [0.15, 0.2) is 9.84 Å². The summed E-state index contributed by atoms with van der Waals surface area (Å²) in [6.07, 6.45) is 0. The Balaban J connectivity index is 1.80. The molecule has 5 nitrogen and oxygen atoms in total. The first kappa shape index (κ1) is 18.9. The topological polar surface area (TPSA) is 61.8 Å². The van der Waals surface area contributed by atoms with Gasteiger partial charge < -0.3 is 10.3 Å². The Morgan fingerprint density at radius 2 is 1.77 bits per heavy atom. The molecule has 26 heavy (non-hydrogen) atoms. The molecular weight excluding hydrogens is 370 g/mol. The first-order valence-corrected chi connectivity index (χ1v) is 10.4. The Bertz CT molecular complexity index is 891. The molecule has 1 aliphatic heterocycles. The van der Waals surface area contributed by atoms with E-state index in [1.54, 1.807) is 12.1 Å². The summed E-state index contributed by atoms with van der Waals surface area (Å²) in [6.45, 7) is 1.21. The highest BCUT2D eigenvalue weighted by Gasteiger charge is 2.25. The quantitative estimate of drug-likeness (QED) is 0.822. The number of benzene rings is 2. The minimum atomic E-state index is -3.28. The Labute approximate surface area is 159 Å². The van der Waals surface area contributed by atoms with Crippen LogP contribution in [0.4, 0.5) is 0 Å². The monoisotopic (exact) mass is 391 g/mol. The van der Waals surface area contributed by atoms with E-state index in [4.69, 9.17) is 11.6 Å². The smallest absolute Gasteiger partial charge is 0.179 e. The summed E-state index contributed by atoms with van der Waals surface area (Å²) in [5.41, 5.74) is 5.99. The van der Waals surface area contributed by atoms with E-state index in [9.17, 15) is 8.42 Å². The first-order chi connectivity index (χ1) is 12.4. The van der Waals surface area contributed by atoms with E-state index in [0.29, 0.717) is 23.0 Å². The van der Waals surface area contributed by atoms with Gasteiger partial charge in [0.25, 0.3) is 0 Å². The zero-order chi connectivity index (χ0) is 18.7. The van der Waals surface area contributed by atoms with E-state index in [1.165, 1.54) is 0 Å². The van der Waals surface area contributed by atoms with Gasteiger partial charge in [-0.1, -0.05) is 35.9 Å². The van der Waals surface area contributed by atoms with E-state index < -0.39 is 9.84 Å². The standard InChI is InChI=1S/C19H22ClN3O2S/c1-23(2)11-12-26(24,25)17-9-5-15(6-10-17)19-18(13-21-22-19)14-3-7-16(20)8-4-14/h3-10,18,21H,11-13H2,1-2H3. The Kier molecular flexibility index (Phi) is 5.65. The summed E-state index contributed by atoms with van der Waals surface area (Å²) in [5, 5.41) is 5.11. The van der Waals surface area contributed by atoms with Crippen LogP contribution in [0, 0.1) is 0 Å². The second kappa shape index (κ2) is 7.78. The van der Waals surface area contributed by atoms with Crippen molar-refractivity contribution in [2.24, 2.45) is 5.10 Å². The third kappa shape index (κ3) is 4.26. The molecule has 0 amide bonds.